The van der Waals surface area contributed by atoms with E-state index < -0.39 is 6.04 Å². The van der Waals surface area contributed by atoms with Crippen molar-refractivity contribution in [2.75, 3.05) is 0 Å². The monoisotopic (exact) mass is 534 g/mol. The van der Waals surface area contributed by atoms with Gasteiger partial charge >= 0.3 is 0 Å². The number of fused-ring (bicyclic) bond motifs is 1. The van der Waals surface area contributed by atoms with Crippen molar-refractivity contribution < 1.29 is 0 Å². The number of aromatic nitrogens is 5. The number of benzene rings is 3. The first kappa shape index (κ1) is 27.5. The molecule has 0 amide bonds. The van der Waals surface area contributed by atoms with Gasteiger partial charge in [0.25, 0.3) is 5.56 Å². The molecule has 7 heteroatoms. The van der Waals surface area contributed by atoms with Crippen LogP contribution in [0.15, 0.2) is 83.7 Å². The van der Waals surface area contributed by atoms with Crippen LogP contribution in [0.25, 0.3) is 10.9 Å². The van der Waals surface area contributed by atoms with Crippen molar-refractivity contribution in [3.05, 3.63) is 123 Å². The van der Waals surface area contributed by atoms with Crippen molar-refractivity contribution in [1.29, 1.82) is 0 Å². The van der Waals surface area contributed by atoms with Crippen LogP contribution in [0, 0.1) is 6.92 Å². The molecule has 7 nitrogen and oxygen atoms in total. The molecule has 0 aliphatic carbocycles. The molecule has 0 saturated heterocycles. The van der Waals surface area contributed by atoms with E-state index in [2.05, 4.69) is 109 Å². The van der Waals surface area contributed by atoms with Crippen molar-refractivity contribution in [3.63, 3.8) is 0 Å². The number of hydrogen-bond donors (Lipinski definition) is 1. The number of pyridine rings is 1. The molecule has 0 unspecified atom stereocenters. The van der Waals surface area contributed by atoms with Crippen LogP contribution in [0.4, 0.5) is 0 Å². The second-order valence-corrected chi connectivity index (χ2v) is 12.0. The number of rotatable bonds is 8. The molecule has 5 rings (SSSR count). The van der Waals surface area contributed by atoms with Gasteiger partial charge in [-0.3, -0.25) is 9.69 Å². The Hall–Kier alpha value is -4.10. The number of tetrazole rings is 1. The largest absolute Gasteiger partial charge is 0.322 e. The Morgan fingerprint density at radius 3 is 2.23 bits per heavy atom. The normalized spacial score (nSPS) is 12.9. The summed E-state index contributed by atoms with van der Waals surface area (Å²) < 4.78 is 1.84. The predicted octanol–water partition coefficient (Wildman–Crippen LogP) is 6.49. The minimum absolute atomic E-state index is 0.141. The van der Waals surface area contributed by atoms with Crippen LogP contribution in [0.1, 0.15) is 80.2 Å². The van der Waals surface area contributed by atoms with E-state index >= 15 is 0 Å². The lowest BCUT2D eigenvalue weighted by Gasteiger charge is -2.33. The number of hydrogen-bond acceptors (Lipinski definition) is 5. The van der Waals surface area contributed by atoms with E-state index in [1.807, 2.05) is 41.1 Å². The Bertz CT molecular complexity index is 1650. The second kappa shape index (κ2) is 11.2. The average molecular weight is 535 g/mol. The number of nitrogens with one attached hydrogen (secondary N) is 1. The molecule has 206 valence electrons. The fourth-order valence-corrected chi connectivity index (χ4v) is 5.19. The van der Waals surface area contributed by atoms with E-state index in [1.54, 1.807) is 0 Å². The van der Waals surface area contributed by atoms with Gasteiger partial charge in [-0.2, -0.15) is 0 Å². The highest BCUT2D eigenvalue weighted by Crippen LogP contribution is 2.32. The van der Waals surface area contributed by atoms with Gasteiger partial charge in [-0.1, -0.05) is 80.1 Å². The molecule has 0 radical (unpaired) electrons. The Morgan fingerprint density at radius 2 is 1.57 bits per heavy atom. The number of nitrogens with zero attached hydrogens (tertiary/aromatic N) is 5. The summed E-state index contributed by atoms with van der Waals surface area (Å²) in [6.07, 6.45) is 0. The van der Waals surface area contributed by atoms with Crippen LogP contribution in [0.3, 0.4) is 0 Å². The van der Waals surface area contributed by atoms with Crippen molar-refractivity contribution in [2.45, 2.75) is 72.1 Å². The average Bonchev–Trinajstić information content (AvgIpc) is 3.41. The van der Waals surface area contributed by atoms with Gasteiger partial charge in [0.05, 0.1) is 5.54 Å². The van der Waals surface area contributed by atoms with E-state index in [1.165, 1.54) is 5.56 Å². The van der Waals surface area contributed by atoms with E-state index in [9.17, 15) is 4.79 Å². The summed E-state index contributed by atoms with van der Waals surface area (Å²) in [5, 5.41) is 14.0. The third-order valence-electron chi connectivity index (χ3n) is 7.32. The summed E-state index contributed by atoms with van der Waals surface area (Å²) in [4.78, 5) is 19.2. The molecule has 0 fully saturated rings. The summed E-state index contributed by atoms with van der Waals surface area (Å²) in [7, 11) is 0. The first-order chi connectivity index (χ1) is 19.1. The highest BCUT2D eigenvalue weighted by molar-refractivity contribution is 5.79. The summed E-state index contributed by atoms with van der Waals surface area (Å²) >= 11 is 0. The first-order valence-corrected chi connectivity index (χ1v) is 13.9. The zero-order chi connectivity index (χ0) is 28.4. The van der Waals surface area contributed by atoms with Crippen molar-refractivity contribution in [2.24, 2.45) is 0 Å². The van der Waals surface area contributed by atoms with Gasteiger partial charge in [-0.15, -0.1) is 5.10 Å². The third-order valence-corrected chi connectivity index (χ3v) is 7.32. The van der Waals surface area contributed by atoms with E-state index in [0.29, 0.717) is 30.4 Å². The van der Waals surface area contributed by atoms with E-state index in [-0.39, 0.29) is 11.1 Å². The maximum absolute atomic E-state index is 13.8. The third kappa shape index (κ3) is 5.89. The Kier molecular flexibility index (Phi) is 7.68. The smallest absolute Gasteiger partial charge is 0.253 e. The molecular formula is C33H38N6O. The van der Waals surface area contributed by atoms with Crippen LogP contribution >= 0.6 is 0 Å². The SMILES string of the molecule is Cc1ccc2[nH]c(=O)c([C@@H](c3nnnn3C(C)(C)C)N(Cc3ccccc3)Cc3ccc(C(C)C)cc3)cc2c1. The Balaban J connectivity index is 1.71. The molecule has 0 saturated carbocycles. The Morgan fingerprint density at radius 1 is 0.900 bits per heavy atom. The molecule has 0 aliphatic heterocycles. The van der Waals surface area contributed by atoms with E-state index in [4.69, 9.17) is 0 Å². The molecule has 0 aliphatic rings. The van der Waals surface area contributed by atoms with Gasteiger partial charge < -0.3 is 4.98 Å². The maximum atomic E-state index is 13.8. The minimum Gasteiger partial charge on any atom is -0.322 e. The lowest BCUT2D eigenvalue weighted by atomic mass is 9.98. The number of aromatic amines is 1. The van der Waals surface area contributed by atoms with Gasteiger partial charge in [0.15, 0.2) is 5.82 Å². The lowest BCUT2D eigenvalue weighted by molar-refractivity contribution is 0.184. The zero-order valence-corrected chi connectivity index (χ0v) is 24.2. The molecule has 2 aromatic heterocycles. The molecule has 0 bridgehead atoms. The predicted molar refractivity (Wildman–Crippen MR) is 160 cm³/mol. The maximum Gasteiger partial charge on any atom is 0.253 e. The van der Waals surface area contributed by atoms with Gasteiger partial charge in [0, 0.05) is 24.2 Å². The molecular weight excluding hydrogens is 496 g/mol. The summed E-state index contributed by atoms with van der Waals surface area (Å²) in [6.45, 7) is 13.9. The van der Waals surface area contributed by atoms with Crippen LogP contribution in [-0.2, 0) is 18.6 Å². The van der Waals surface area contributed by atoms with E-state index in [0.717, 1.165) is 27.6 Å². The molecule has 0 spiro atoms. The van der Waals surface area contributed by atoms with Crippen molar-refractivity contribution >= 4 is 10.9 Å². The van der Waals surface area contributed by atoms with Gasteiger partial charge in [-0.05, 0) is 84.3 Å². The number of aryl methyl sites for hydroxylation is 1. The summed E-state index contributed by atoms with van der Waals surface area (Å²) in [5.74, 6) is 1.10. The minimum atomic E-state index is -0.493. The highest BCUT2D eigenvalue weighted by Gasteiger charge is 2.33. The molecule has 40 heavy (non-hydrogen) atoms. The van der Waals surface area contributed by atoms with Crippen LogP contribution in [-0.4, -0.2) is 30.1 Å². The van der Waals surface area contributed by atoms with Crippen molar-refractivity contribution in [3.8, 4) is 0 Å². The lowest BCUT2D eigenvalue weighted by Crippen LogP contribution is -2.37. The first-order valence-electron chi connectivity index (χ1n) is 13.9. The van der Waals surface area contributed by atoms with Gasteiger partial charge in [0.2, 0.25) is 0 Å². The molecule has 5 aromatic rings. The summed E-state index contributed by atoms with van der Waals surface area (Å²) in [5.41, 5.74) is 5.65. The highest BCUT2D eigenvalue weighted by atomic mass is 16.1. The van der Waals surface area contributed by atoms with Gasteiger partial charge in [-0.25, -0.2) is 4.68 Å². The Labute approximate surface area is 235 Å². The standard InChI is InChI=1S/C33H38N6O/c1-22(2)26-15-13-25(14-16-26)21-38(20-24-10-8-7-9-11-24)30(31-35-36-37-39(31)33(4,5)6)28-19-27-18-23(3)12-17-29(27)34-32(28)40/h7-19,22,30H,20-21H2,1-6H3,(H,34,40)/t30-/m0/s1. The fraction of sp³-hybridized carbons (Fsp3) is 0.333. The topological polar surface area (TPSA) is 79.7 Å². The van der Waals surface area contributed by atoms with Crippen LogP contribution in [0.5, 0.6) is 0 Å². The molecule has 3 aromatic carbocycles. The van der Waals surface area contributed by atoms with Crippen LogP contribution in [0.2, 0.25) is 0 Å². The van der Waals surface area contributed by atoms with Crippen molar-refractivity contribution in [1.82, 2.24) is 30.1 Å². The summed E-state index contributed by atoms with van der Waals surface area (Å²) in [6, 6.07) is 26.7. The molecule has 2 heterocycles. The number of H-pyrrole nitrogens is 1. The molecule has 1 atom stereocenters. The zero-order valence-electron chi connectivity index (χ0n) is 24.2. The van der Waals surface area contributed by atoms with Gasteiger partial charge in [0.1, 0.15) is 6.04 Å². The fourth-order valence-electron chi connectivity index (χ4n) is 5.19. The quantitative estimate of drug-likeness (QED) is 0.246. The molecule has 1 N–H and O–H groups in total. The van der Waals surface area contributed by atoms with Crippen LogP contribution < -0.4 is 5.56 Å². The second-order valence-electron chi connectivity index (χ2n) is 12.0.